The van der Waals surface area contributed by atoms with Crippen LogP contribution in [0.25, 0.3) is 5.69 Å². The summed E-state index contributed by atoms with van der Waals surface area (Å²) >= 11 is 3.35. The maximum Gasteiger partial charge on any atom is 0.251 e. The normalized spacial score (nSPS) is 10.4. The van der Waals surface area contributed by atoms with Crippen molar-refractivity contribution in [1.29, 1.82) is 0 Å². The minimum absolute atomic E-state index is 0.177. The van der Waals surface area contributed by atoms with Crippen LogP contribution in [0.1, 0.15) is 16.2 Å². The first-order valence-electron chi connectivity index (χ1n) is 6.60. The van der Waals surface area contributed by atoms with E-state index in [9.17, 15) is 4.79 Å². The number of amides is 1. The Hall–Kier alpha value is -2.54. The SMILES string of the molecule is O=C(NCc1nnnn1-c1ccccc1)c1cccc(Br)c1. The van der Waals surface area contributed by atoms with Crippen molar-refractivity contribution in [2.75, 3.05) is 0 Å². The van der Waals surface area contributed by atoms with Crippen molar-refractivity contribution in [3.05, 3.63) is 70.5 Å². The Morgan fingerprint density at radius 1 is 1.14 bits per heavy atom. The topological polar surface area (TPSA) is 72.7 Å². The minimum Gasteiger partial charge on any atom is -0.345 e. The molecular formula is C15H12BrN5O. The first kappa shape index (κ1) is 14.4. The van der Waals surface area contributed by atoms with Gasteiger partial charge >= 0.3 is 0 Å². The average Bonchev–Trinajstić information content (AvgIpc) is 3.02. The molecule has 0 radical (unpaired) electrons. The Morgan fingerprint density at radius 2 is 1.95 bits per heavy atom. The molecule has 0 atom stereocenters. The lowest BCUT2D eigenvalue weighted by Gasteiger charge is -2.06. The van der Waals surface area contributed by atoms with Gasteiger partial charge in [-0.1, -0.05) is 40.2 Å². The molecule has 22 heavy (non-hydrogen) atoms. The second-order valence-corrected chi connectivity index (χ2v) is 5.45. The van der Waals surface area contributed by atoms with Gasteiger partial charge in [0.2, 0.25) is 0 Å². The molecule has 110 valence electrons. The molecule has 0 aliphatic carbocycles. The van der Waals surface area contributed by atoms with Gasteiger partial charge in [-0.3, -0.25) is 4.79 Å². The van der Waals surface area contributed by atoms with Crippen LogP contribution in [0.4, 0.5) is 0 Å². The van der Waals surface area contributed by atoms with Crippen LogP contribution in [0, 0.1) is 0 Å². The van der Waals surface area contributed by atoms with E-state index in [1.807, 2.05) is 42.5 Å². The summed E-state index contributed by atoms with van der Waals surface area (Å²) < 4.78 is 2.45. The van der Waals surface area contributed by atoms with Crippen molar-refractivity contribution >= 4 is 21.8 Å². The third kappa shape index (κ3) is 3.20. The van der Waals surface area contributed by atoms with E-state index in [2.05, 4.69) is 36.8 Å². The van der Waals surface area contributed by atoms with Crippen molar-refractivity contribution in [3.8, 4) is 5.69 Å². The molecular weight excluding hydrogens is 346 g/mol. The number of carbonyl (C=O) groups is 1. The summed E-state index contributed by atoms with van der Waals surface area (Å²) in [6.07, 6.45) is 0. The second kappa shape index (κ2) is 6.48. The Balaban J connectivity index is 1.73. The van der Waals surface area contributed by atoms with Gasteiger partial charge in [-0.2, -0.15) is 4.68 Å². The monoisotopic (exact) mass is 357 g/mol. The minimum atomic E-state index is -0.177. The zero-order valence-electron chi connectivity index (χ0n) is 11.5. The van der Waals surface area contributed by atoms with Crippen LogP contribution in [-0.2, 0) is 6.54 Å². The highest BCUT2D eigenvalue weighted by atomic mass is 79.9. The molecule has 7 heteroatoms. The first-order chi connectivity index (χ1) is 10.7. The summed E-state index contributed by atoms with van der Waals surface area (Å²) in [5.41, 5.74) is 1.42. The largest absolute Gasteiger partial charge is 0.345 e. The zero-order chi connectivity index (χ0) is 15.4. The molecule has 0 unspecified atom stereocenters. The first-order valence-corrected chi connectivity index (χ1v) is 7.40. The van der Waals surface area contributed by atoms with Crippen LogP contribution in [0.5, 0.6) is 0 Å². The van der Waals surface area contributed by atoms with E-state index in [1.54, 1.807) is 16.8 Å². The van der Waals surface area contributed by atoms with Crippen LogP contribution < -0.4 is 5.32 Å². The fourth-order valence-electron chi connectivity index (χ4n) is 1.98. The predicted octanol–water partition coefficient (Wildman–Crippen LogP) is 2.35. The van der Waals surface area contributed by atoms with Crippen molar-refractivity contribution in [3.63, 3.8) is 0 Å². The lowest BCUT2D eigenvalue weighted by atomic mass is 10.2. The van der Waals surface area contributed by atoms with Gasteiger partial charge in [-0.15, -0.1) is 5.10 Å². The van der Waals surface area contributed by atoms with E-state index < -0.39 is 0 Å². The van der Waals surface area contributed by atoms with Crippen LogP contribution in [0.3, 0.4) is 0 Å². The van der Waals surface area contributed by atoms with E-state index in [0.29, 0.717) is 11.4 Å². The molecule has 0 saturated carbocycles. The maximum absolute atomic E-state index is 12.1. The highest BCUT2D eigenvalue weighted by Crippen LogP contribution is 2.12. The second-order valence-electron chi connectivity index (χ2n) is 4.54. The molecule has 0 aliphatic rings. The molecule has 2 aromatic carbocycles. The number of hydrogen-bond donors (Lipinski definition) is 1. The number of tetrazole rings is 1. The summed E-state index contributed by atoms with van der Waals surface area (Å²) in [7, 11) is 0. The van der Waals surface area contributed by atoms with Gasteiger partial charge in [0.15, 0.2) is 5.82 Å². The zero-order valence-corrected chi connectivity index (χ0v) is 13.1. The van der Waals surface area contributed by atoms with Crippen molar-refractivity contribution in [1.82, 2.24) is 25.5 Å². The van der Waals surface area contributed by atoms with Gasteiger partial charge < -0.3 is 5.32 Å². The predicted molar refractivity (Wildman–Crippen MR) is 84.5 cm³/mol. The number of aromatic nitrogens is 4. The quantitative estimate of drug-likeness (QED) is 0.777. The van der Waals surface area contributed by atoms with Crippen LogP contribution in [0.15, 0.2) is 59.1 Å². The smallest absolute Gasteiger partial charge is 0.251 e. The molecule has 6 nitrogen and oxygen atoms in total. The van der Waals surface area contributed by atoms with Crippen molar-refractivity contribution in [2.24, 2.45) is 0 Å². The molecule has 0 spiro atoms. The molecule has 1 aromatic heterocycles. The van der Waals surface area contributed by atoms with E-state index >= 15 is 0 Å². The van der Waals surface area contributed by atoms with Crippen molar-refractivity contribution < 1.29 is 4.79 Å². The summed E-state index contributed by atoms with van der Waals surface area (Å²) in [4.78, 5) is 12.1. The fourth-order valence-corrected chi connectivity index (χ4v) is 2.38. The van der Waals surface area contributed by atoms with Gasteiger partial charge in [0.1, 0.15) is 0 Å². The molecule has 1 amide bonds. The number of carbonyl (C=O) groups excluding carboxylic acids is 1. The molecule has 1 heterocycles. The number of nitrogens with one attached hydrogen (secondary N) is 1. The number of para-hydroxylation sites is 1. The highest BCUT2D eigenvalue weighted by molar-refractivity contribution is 9.10. The van der Waals surface area contributed by atoms with E-state index in [0.717, 1.165) is 10.2 Å². The van der Waals surface area contributed by atoms with Gasteiger partial charge in [0, 0.05) is 10.0 Å². The standard InChI is InChI=1S/C15H12BrN5O/c16-12-6-4-5-11(9-12)15(22)17-10-14-18-19-20-21(14)13-7-2-1-3-8-13/h1-9H,10H2,(H,17,22). The number of nitrogens with zero attached hydrogens (tertiary/aromatic N) is 4. The van der Waals surface area contributed by atoms with Gasteiger partial charge in [0.05, 0.1) is 12.2 Å². The molecule has 1 N–H and O–H groups in total. The third-order valence-corrected chi connectivity index (χ3v) is 3.52. The summed E-state index contributed by atoms with van der Waals surface area (Å²) in [5, 5.41) is 14.4. The molecule has 0 fully saturated rings. The van der Waals surface area contributed by atoms with E-state index in [4.69, 9.17) is 0 Å². The third-order valence-electron chi connectivity index (χ3n) is 3.03. The number of hydrogen-bond acceptors (Lipinski definition) is 4. The average molecular weight is 358 g/mol. The van der Waals surface area contributed by atoms with Gasteiger partial charge in [0.25, 0.3) is 5.91 Å². The van der Waals surface area contributed by atoms with E-state index in [-0.39, 0.29) is 12.5 Å². The molecule has 0 saturated heterocycles. The Bertz CT molecular complexity index is 787. The summed E-state index contributed by atoms with van der Waals surface area (Å²) in [6.45, 7) is 0.243. The summed E-state index contributed by atoms with van der Waals surface area (Å²) in [6, 6.07) is 16.7. The Morgan fingerprint density at radius 3 is 2.73 bits per heavy atom. The molecule has 3 rings (SSSR count). The Kier molecular flexibility index (Phi) is 4.24. The van der Waals surface area contributed by atoms with Crippen LogP contribution in [0.2, 0.25) is 0 Å². The van der Waals surface area contributed by atoms with E-state index in [1.165, 1.54) is 0 Å². The molecule has 3 aromatic rings. The lowest BCUT2D eigenvalue weighted by molar-refractivity contribution is 0.0949. The number of rotatable bonds is 4. The number of halogens is 1. The number of benzene rings is 2. The lowest BCUT2D eigenvalue weighted by Crippen LogP contribution is -2.24. The molecule has 0 aliphatic heterocycles. The highest BCUT2D eigenvalue weighted by Gasteiger charge is 2.11. The fraction of sp³-hybridized carbons (Fsp3) is 0.0667. The molecule has 0 bridgehead atoms. The summed E-state index contributed by atoms with van der Waals surface area (Å²) in [5.74, 6) is 0.387. The van der Waals surface area contributed by atoms with Gasteiger partial charge in [-0.25, -0.2) is 0 Å². The maximum atomic E-state index is 12.1. The van der Waals surface area contributed by atoms with Crippen LogP contribution in [-0.4, -0.2) is 26.1 Å². The van der Waals surface area contributed by atoms with Crippen LogP contribution >= 0.6 is 15.9 Å². The van der Waals surface area contributed by atoms with Crippen molar-refractivity contribution in [2.45, 2.75) is 6.54 Å². The van der Waals surface area contributed by atoms with Gasteiger partial charge in [-0.05, 0) is 40.8 Å². The Labute approximate surface area is 135 Å².